The summed E-state index contributed by atoms with van der Waals surface area (Å²) in [4.78, 5) is 9.64. The van der Waals surface area contributed by atoms with E-state index in [-0.39, 0.29) is 0 Å². The number of anilines is 1. The minimum atomic E-state index is -4.57. The second kappa shape index (κ2) is 4.56. The van der Waals surface area contributed by atoms with Gasteiger partial charge in [-0.25, -0.2) is 4.39 Å². The van der Waals surface area contributed by atoms with Gasteiger partial charge in [-0.05, 0) is 13.0 Å². The highest BCUT2D eigenvalue weighted by atomic mass is 19.4. The Kier molecular flexibility index (Phi) is 3.54. The molecule has 0 aliphatic carbocycles. The van der Waals surface area contributed by atoms with E-state index in [2.05, 4.69) is 0 Å². The fraction of sp³-hybridized carbons (Fsp3) is 0.333. The van der Waals surface area contributed by atoms with E-state index in [1.807, 2.05) is 5.32 Å². The summed E-state index contributed by atoms with van der Waals surface area (Å²) >= 11 is 0. The van der Waals surface area contributed by atoms with Crippen LogP contribution in [0.3, 0.4) is 0 Å². The zero-order valence-corrected chi connectivity index (χ0v) is 8.58. The summed E-state index contributed by atoms with van der Waals surface area (Å²) in [5.74, 6) is -0.854. The standard InChI is InChI=1S/C9H8F4N2O2/c1-5(9(11,12)13)14-7-4-6(10)2-3-8(7)15(16)17/h2-5,14H,1H3. The van der Waals surface area contributed by atoms with Gasteiger partial charge in [0, 0.05) is 12.1 Å². The van der Waals surface area contributed by atoms with E-state index in [4.69, 9.17) is 0 Å². The van der Waals surface area contributed by atoms with Crippen LogP contribution in [0.25, 0.3) is 0 Å². The van der Waals surface area contributed by atoms with Gasteiger partial charge in [0.2, 0.25) is 0 Å². The van der Waals surface area contributed by atoms with Crippen LogP contribution in [0.5, 0.6) is 0 Å². The minimum absolute atomic E-state index is 0.500. The zero-order valence-electron chi connectivity index (χ0n) is 8.58. The van der Waals surface area contributed by atoms with Gasteiger partial charge < -0.3 is 5.32 Å². The maximum absolute atomic E-state index is 12.8. The van der Waals surface area contributed by atoms with Crippen LogP contribution in [0.15, 0.2) is 18.2 Å². The molecular formula is C9H8F4N2O2. The molecule has 1 aromatic carbocycles. The molecule has 0 saturated carbocycles. The third-order valence-corrected chi connectivity index (χ3v) is 2.02. The molecule has 0 amide bonds. The molecule has 4 nitrogen and oxygen atoms in total. The average molecular weight is 252 g/mol. The normalized spacial score (nSPS) is 13.2. The van der Waals surface area contributed by atoms with Crippen molar-refractivity contribution in [1.29, 1.82) is 0 Å². The van der Waals surface area contributed by atoms with Crippen molar-refractivity contribution in [2.24, 2.45) is 0 Å². The Morgan fingerprint density at radius 1 is 1.41 bits per heavy atom. The Morgan fingerprint density at radius 3 is 2.47 bits per heavy atom. The third-order valence-electron chi connectivity index (χ3n) is 2.02. The van der Waals surface area contributed by atoms with Crippen LogP contribution in [-0.4, -0.2) is 17.1 Å². The molecule has 0 aliphatic rings. The van der Waals surface area contributed by atoms with Crippen molar-refractivity contribution < 1.29 is 22.5 Å². The summed E-state index contributed by atoms with van der Waals surface area (Å²) in [5.41, 5.74) is -1.11. The van der Waals surface area contributed by atoms with E-state index in [9.17, 15) is 27.7 Å². The number of alkyl halides is 3. The molecule has 17 heavy (non-hydrogen) atoms. The first-order valence-corrected chi connectivity index (χ1v) is 4.49. The van der Waals surface area contributed by atoms with Crippen LogP contribution in [0.2, 0.25) is 0 Å². The van der Waals surface area contributed by atoms with Gasteiger partial charge in [0.25, 0.3) is 5.69 Å². The van der Waals surface area contributed by atoms with Crippen LogP contribution in [0.4, 0.5) is 28.9 Å². The molecule has 0 heterocycles. The highest BCUT2D eigenvalue weighted by Crippen LogP contribution is 2.29. The molecule has 94 valence electrons. The lowest BCUT2D eigenvalue weighted by atomic mass is 10.2. The van der Waals surface area contributed by atoms with Crippen LogP contribution >= 0.6 is 0 Å². The van der Waals surface area contributed by atoms with Crippen LogP contribution in [-0.2, 0) is 0 Å². The van der Waals surface area contributed by atoms with Gasteiger partial charge in [-0.15, -0.1) is 0 Å². The molecule has 1 rings (SSSR count). The van der Waals surface area contributed by atoms with Crippen molar-refractivity contribution in [3.63, 3.8) is 0 Å². The highest BCUT2D eigenvalue weighted by Gasteiger charge is 2.37. The van der Waals surface area contributed by atoms with Gasteiger partial charge in [0.05, 0.1) is 4.92 Å². The van der Waals surface area contributed by atoms with Crippen LogP contribution < -0.4 is 5.32 Å². The molecule has 0 bridgehead atoms. The maximum atomic E-state index is 12.8. The molecule has 1 aromatic rings. The average Bonchev–Trinajstić information content (AvgIpc) is 2.15. The topological polar surface area (TPSA) is 55.2 Å². The summed E-state index contributed by atoms with van der Waals surface area (Å²) in [6.07, 6.45) is -4.57. The van der Waals surface area contributed by atoms with Crippen LogP contribution in [0, 0.1) is 15.9 Å². The molecule has 0 saturated heterocycles. The number of nitrogens with one attached hydrogen (secondary N) is 1. The maximum Gasteiger partial charge on any atom is 0.408 e. The van der Waals surface area contributed by atoms with Crippen molar-refractivity contribution in [3.05, 3.63) is 34.1 Å². The molecule has 1 unspecified atom stereocenters. The highest BCUT2D eigenvalue weighted by molar-refractivity contribution is 5.61. The predicted molar refractivity (Wildman–Crippen MR) is 52.2 cm³/mol. The molecule has 0 fully saturated rings. The molecule has 0 aromatic heterocycles. The summed E-state index contributed by atoms with van der Waals surface area (Å²) in [5, 5.41) is 12.4. The fourth-order valence-electron chi connectivity index (χ4n) is 1.10. The Bertz CT molecular complexity index is 433. The third kappa shape index (κ3) is 3.30. The Morgan fingerprint density at radius 2 is 2.00 bits per heavy atom. The number of hydrogen-bond donors (Lipinski definition) is 1. The number of rotatable bonds is 3. The van der Waals surface area contributed by atoms with E-state index in [0.717, 1.165) is 19.1 Å². The Balaban J connectivity index is 3.04. The van der Waals surface area contributed by atoms with Gasteiger partial charge in [-0.3, -0.25) is 10.1 Å². The first-order chi connectivity index (χ1) is 7.71. The van der Waals surface area contributed by atoms with Gasteiger partial charge in [0.15, 0.2) is 0 Å². The number of benzene rings is 1. The quantitative estimate of drug-likeness (QED) is 0.511. The summed E-state index contributed by atoms with van der Waals surface area (Å²) < 4.78 is 49.5. The monoisotopic (exact) mass is 252 g/mol. The summed E-state index contributed by atoms with van der Waals surface area (Å²) in [6, 6.07) is 0.255. The lowest BCUT2D eigenvalue weighted by Crippen LogP contribution is -2.33. The van der Waals surface area contributed by atoms with Crippen LogP contribution in [0.1, 0.15) is 6.92 Å². The molecule has 8 heteroatoms. The summed E-state index contributed by atoms with van der Waals surface area (Å²) in [7, 11) is 0. The van der Waals surface area contributed by atoms with E-state index in [1.165, 1.54) is 0 Å². The van der Waals surface area contributed by atoms with Crippen molar-refractivity contribution >= 4 is 11.4 Å². The first kappa shape index (κ1) is 13.2. The zero-order chi connectivity index (χ0) is 13.2. The van der Waals surface area contributed by atoms with Gasteiger partial charge in [-0.2, -0.15) is 13.2 Å². The van der Waals surface area contributed by atoms with E-state index in [1.54, 1.807) is 0 Å². The number of nitro groups is 1. The minimum Gasteiger partial charge on any atom is -0.369 e. The van der Waals surface area contributed by atoms with Crippen molar-refractivity contribution in [2.45, 2.75) is 19.1 Å². The Labute approximate surface area is 93.4 Å². The fourth-order valence-corrected chi connectivity index (χ4v) is 1.10. The molecule has 0 radical (unpaired) electrons. The molecule has 0 aliphatic heterocycles. The molecule has 0 spiro atoms. The molecule has 1 N–H and O–H groups in total. The second-order valence-corrected chi connectivity index (χ2v) is 3.33. The smallest absolute Gasteiger partial charge is 0.369 e. The Hall–Kier alpha value is -1.86. The summed E-state index contributed by atoms with van der Waals surface area (Å²) in [6.45, 7) is 0.786. The lowest BCUT2D eigenvalue weighted by Gasteiger charge is -2.18. The lowest BCUT2D eigenvalue weighted by molar-refractivity contribution is -0.384. The van der Waals surface area contributed by atoms with Crippen molar-refractivity contribution in [1.82, 2.24) is 0 Å². The number of hydrogen-bond acceptors (Lipinski definition) is 3. The van der Waals surface area contributed by atoms with Crippen molar-refractivity contribution in [2.75, 3.05) is 5.32 Å². The molecule has 1 atom stereocenters. The number of halogens is 4. The first-order valence-electron chi connectivity index (χ1n) is 4.49. The largest absolute Gasteiger partial charge is 0.408 e. The van der Waals surface area contributed by atoms with E-state index >= 15 is 0 Å². The number of nitro benzene ring substituents is 1. The van der Waals surface area contributed by atoms with Gasteiger partial charge in [-0.1, -0.05) is 0 Å². The van der Waals surface area contributed by atoms with Crippen molar-refractivity contribution in [3.8, 4) is 0 Å². The predicted octanol–water partition coefficient (Wildman–Crippen LogP) is 3.10. The second-order valence-electron chi connectivity index (χ2n) is 3.33. The SMILES string of the molecule is CC(Nc1cc(F)ccc1[N+](=O)[O-])C(F)(F)F. The molecular weight excluding hydrogens is 244 g/mol. The van der Waals surface area contributed by atoms with Gasteiger partial charge in [0.1, 0.15) is 17.5 Å². The van der Waals surface area contributed by atoms with Gasteiger partial charge >= 0.3 is 6.18 Å². The van der Waals surface area contributed by atoms with E-state index < -0.39 is 34.3 Å². The van der Waals surface area contributed by atoms with E-state index in [0.29, 0.717) is 6.07 Å². The number of nitrogens with zero attached hydrogens (tertiary/aromatic N) is 1.